The van der Waals surface area contributed by atoms with Crippen LogP contribution in [0.3, 0.4) is 0 Å². The third-order valence-corrected chi connectivity index (χ3v) is 4.64. The van der Waals surface area contributed by atoms with E-state index in [1.807, 2.05) is 25.1 Å². The van der Waals surface area contributed by atoms with Crippen LogP contribution in [0, 0.1) is 0 Å². The number of guanidine groups is 1. The maximum atomic E-state index is 11.9. The van der Waals surface area contributed by atoms with Crippen LogP contribution in [0.5, 0.6) is 0 Å². The number of aliphatic imine (C=N–C) groups is 1. The van der Waals surface area contributed by atoms with Gasteiger partial charge in [0.25, 0.3) is 0 Å². The molecule has 25 heavy (non-hydrogen) atoms. The number of anilines is 1. The van der Waals surface area contributed by atoms with Gasteiger partial charge in [0.05, 0.1) is 0 Å². The Bertz CT molecular complexity index is 624. The van der Waals surface area contributed by atoms with Gasteiger partial charge in [-0.2, -0.15) is 0 Å². The molecule has 1 aromatic rings. The molecule has 0 radical (unpaired) electrons. The van der Waals surface area contributed by atoms with Crippen molar-refractivity contribution in [3.05, 3.63) is 29.3 Å². The number of amides is 1. The number of rotatable bonds is 5. The van der Waals surface area contributed by atoms with Crippen LogP contribution in [-0.2, 0) is 4.79 Å². The minimum absolute atomic E-state index is 0.00969. The fourth-order valence-corrected chi connectivity index (χ4v) is 3.11. The summed E-state index contributed by atoms with van der Waals surface area (Å²) in [5.74, 6) is 0.828. The van der Waals surface area contributed by atoms with Crippen LogP contribution >= 0.6 is 11.6 Å². The molecular formula is C18H26ClN5O. The number of benzene rings is 1. The second kappa shape index (κ2) is 8.43. The lowest BCUT2D eigenvalue weighted by Crippen LogP contribution is -2.52. The predicted molar refractivity (Wildman–Crippen MR) is 102 cm³/mol. The van der Waals surface area contributed by atoms with Crippen molar-refractivity contribution in [2.75, 3.05) is 44.2 Å². The average molecular weight is 364 g/mol. The number of carbonyl (C=O) groups is 1. The van der Waals surface area contributed by atoms with E-state index in [-0.39, 0.29) is 12.5 Å². The highest BCUT2D eigenvalue weighted by molar-refractivity contribution is 6.30. The quantitative estimate of drug-likeness (QED) is 0.617. The highest BCUT2D eigenvalue weighted by Crippen LogP contribution is 2.21. The van der Waals surface area contributed by atoms with E-state index in [0.717, 1.165) is 62.2 Å². The topological polar surface area (TPSA) is 60.0 Å². The zero-order valence-electron chi connectivity index (χ0n) is 14.7. The molecule has 0 spiro atoms. The first kappa shape index (κ1) is 17.9. The van der Waals surface area contributed by atoms with E-state index < -0.39 is 0 Å². The SMILES string of the molecule is CCNC(=NCC(=O)NC1CC1)N1CCN(c2cccc(Cl)c2)CC1. The Morgan fingerprint density at radius 3 is 2.68 bits per heavy atom. The largest absolute Gasteiger partial charge is 0.368 e. The normalized spacial score (nSPS) is 18.2. The van der Waals surface area contributed by atoms with Gasteiger partial charge in [0.15, 0.2) is 5.96 Å². The molecule has 7 heteroatoms. The maximum absolute atomic E-state index is 11.9. The molecule has 2 fully saturated rings. The summed E-state index contributed by atoms with van der Waals surface area (Å²) in [4.78, 5) is 20.9. The zero-order valence-corrected chi connectivity index (χ0v) is 15.4. The molecule has 0 atom stereocenters. The van der Waals surface area contributed by atoms with Crippen LogP contribution in [-0.4, -0.2) is 62.1 Å². The molecule has 1 heterocycles. The van der Waals surface area contributed by atoms with Crippen LogP contribution < -0.4 is 15.5 Å². The van der Waals surface area contributed by atoms with Crippen molar-refractivity contribution in [3.63, 3.8) is 0 Å². The number of piperazine rings is 1. The molecule has 1 saturated carbocycles. The van der Waals surface area contributed by atoms with Crippen molar-refractivity contribution in [2.24, 2.45) is 4.99 Å². The molecule has 0 bridgehead atoms. The van der Waals surface area contributed by atoms with Crippen LogP contribution in [0.1, 0.15) is 19.8 Å². The van der Waals surface area contributed by atoms with E-state index in [2.05, 4.69) is 31.5 Å². The van der Waals surface area contributed by atoms with Crippen molar-refractivity contribution in [1.29, 1.82) is 0 Å². The van der Waals surface area contributed by atoms with Crippen molar-refractivity contribution < 1.29 is 4.79 Å². The van der Waals surface area contributed by atoms with Crippen molar-refractivity contribution in [1.82, 2.24) is 15.5 Å². The van der Waals surface area contributed by atoms with E-state index in [1.54, 1.807) is 0 Å². The van der Waals surface area contributed by atoms with E-state index >= 15 is 0 Å². The summed E-state index contributed by atoms with van der Waals surface area (Å²) >= 11 is 6.09. The van der Waals surface area contributed by atoms with Crippen molar-refractivity contribution in [2.45, 2.75) is 25.8 Å². The van der Waals surface area contributed by atoms with Crippen LogP contribution in [0.4, 0.5) is 5.69 Å². The third-order valence-electron chi connectivity index (χ3n) is 4.40. The Kier molecular flexibility index (Phi) is 6.02. The average Bonchev–Trinajstić information content (AvgIpc) is 3.43. The lowest BCUT2D eigenvalue weighted by atomic mass is 10.2. The Morgan fingerprint density at radius 1 is 1.28 bits per heavy atom. The molecule has 6 nitrogen and oxygen atoms in total. The molecular weight excluding hydrogens is 338 g/mol. The van der Waals surface area contributed by atoms with E-state index in [9.17, 15) is 4.79 Å². The van der Waals surface area contributed by atoms with Gasteiger partial charge in [0, 0.05) is 49.5 Å². The lowest BCUT2D eigenvalue weighted by molar-refractivity contribution is -0.119. The Hall–Kier alpha value is -1.95. The second-order valence-corrected chi connectivity index (χ2v) is 6.90. The van der Waals surface area contributed by atoms with Gasteiger partial charge in [-0.15, -0.1) is 0 Å². The minimum Gasteiger partial charge on any atom is -0.368 e. The van der Waals surface area contributed by atoms with Crippen molar-refractivity contribution in [3.8, 4) is 0 Å². The number of nitrogens with zero attached hydrogens (tertiary/aromatic N) is 3. The molecule has 0 aromatic heterocycles. The van der Waals surface area contributed by atoms with Gasteiger partial charge >= 0.3 is 0 Å². The molecule has 1 saturated heterocycles. The van der Waals surface area contributed by atoms with Crippen LogP contribution in [0.25, 0.3) is 0 Å². The molecule has 2 aliphatic rings. The monoisotopic (exact) mass is 363 g/mol. The third kappa shape index (κ3) is 5.26. The maximum Gasteiger partial charge on any atom is 0.242 e. The number of carbonyl (C=O) groups excluding carboxylic acids is 1. The van der Waals surface area contributed by atoms with Crippen LogP contribution in [0.2, 0.25) is 5.02 Å². The van der Waals surface area contributed by atoms with Gasteiger partial charge in [-0.25, -0.2) is 4.99 Å². The smallest absolute Gasteiger partial charge is 0.242 e. The summed E-state index contributed by atoms with van der Waals surface area (Å²) in [6.45, 7) is 6.55. The lowest BCUT2D eigenvalue weighted by Gasteiger charge is -2.37. The molecule has 136 valence electrons. The van der Waals surface area contributed by atoms with Gasteiger partial charge in [0.2, 0.25) is 5.91 Å². The predicted octanol–water partition coefficient (Wildman–Crippen LogP) is 1.71. The fraction of sp³-hybridized carbons (Fsp3) is 0.556. The minimum atomic E-state index is 0.00969. The van der Waals surface area contributed by atoms with Crippen LogP contribution in [0.15, 0.2) is 29.3 Å². The number of halogens is 1. The molecule has 1 aromatic carbocycles. The summed E-state index contributed by atoms with van der Waals surface area (Å²) in [6.07, 6.45) is 2.20. The highest BCUT2D eigenvalue weighted by atomic mass is 35.5. The molecule has 3 rings (SSSR count). The molecule has 1 aliphatic carbocycles. The van der Waals surface area contributed by atoms with Gasteiger partial charge in [-0.1, -0.05) is 17.7 Å². The number of hydrogen-bond acceptors (Lipinski definition) is 3. The molecule has 0 unspecified atom stereocenters. The zero-order chi connectivity index (χ0) is 17.6. The summed E-state index contributed by atoms with van der Waals surface area (Å²) in [5, 5.41) is 7.03. The van der Waals surface area contributed by atoms with E-state index in [4.69, 9.17) is 11.6 Å². The first-order chi connectivity index (χ1) is 12.2. The van der Waals surface area contributed by atoms with E-state index in [0.29, 0.717) is 6.04 Å². The van der Waals surface area contributed by atoms with Gasteiger partial charge in [-0.3, -0.25) is 4.79 Å². The molecule has 2 N–H and O–H groups in total. The van der Waals surface area contributed by atoms with Gasteiger partial charge in [-0.05, 0) is 38.0 Å². The standard InChI is InChI=1S/C18H26ClN5O/c1-2-20-18(21-13-17(25)22-15-6-7-15)24-10-8-23(9-11-24)16-5-3-4-14(19)12-16/h3-5,12,15H,2,6-11,13H2,1H3,(H,20,21)(H,22,25). The summed E-state index contributed by atoms with van der Waals surface area (Å²) in [7, 11) is 0. The first-order valence-electron chi connectivity index (χ1n) is 8.99. The summed E-state index contributed by atoms with van der Waals surface area (Å²) < 4.78 is 0. The molecule has 1 aliphatic heterocycles. The van der Waals surface area contributed by atoms with E-state index in [1.165, 1.54) is 0 Å². The highest BCUT2D eigenvalue weighted by Gasteiger charge is 2.23. The first-order valence-corrected chi connectivity index (χ1v) is 9.36. The second-order valence-electron chi connectivity index (χ2n) is 6.47. The van der Waals surface area contributed by atoms with Gasteiger partial charge < -0.3 is 20.4 Å². The van der Waals surface area contributed by atoms with Crippen molar-refractivity contribution >= 4 is 29.2 Å². The Balaban J connectivity index is 1.55. The number of nitrogens with one attached hydrogen (secondary N) is 2. The number of hydrogen-bond donors (Lipinski definition) is 2. The summed E-state index contributed by atoms with van der Waals surface area (Å²) in [5.41, 5.74) is 1.15. The summed E-state index contributed by atoms with van der Waals surface area (Å²) in [6, 6.07) is 8.34. The Labute approximate surface area is 154 Å². The molecule has 1 amide bonds. The Morgan fingerprint density at radius 2 is 2.04 bits per heavy atom. The fourth-order valence-electron chi connectivity index (χ4n) is 2.92. The van der Waals surface area contributed by atoms with Gasteiger partial charge in [0.1, 0.15) is 6.54 Å².